The molecule has 0 spiro atoms. The molecule has 0 amide bonds. The van der Waals surface area contributed by atoms with Crippen molar-refractivity contribution in [1.82, 2.24) is 0 Å². The third kappa shape index (κ3) is 2.87. The minimum Gasteiger partial charge on any atom is -0.0651 e. The maximum Gasteiger partial charge on any atom is -0.0279 e. The summed E-state index contributed by atoms with van der Waals surface area (Å²) in [5.41, 5.74) is 4.61. The van der Waals surface area contributed by atoms with E-state index in [4.69, 9.17) is 0 Å². The molecule has 0 saturated heterocycles. The second-order valence-electron chi connectivity index (χ2n) is 3.96. The van der Waals surface area contributed by atoms with Crippen LogP contribution in [0.1, 0.15) is 50.3 Å². The Morgan fingerprint density at radius 1 is 0.857 bits per heavy atom. The van der Waals surface area contributed by atoms with E-state index in [1.54, 1.807) is 11.1 Å². The summed E-state index contributed by atoms with van der Waals surface area (Å²) in [6, 6.07) is 7.02. The number of aryl methyl sites for hydroxylation is 3. The molecule has 14 heavy (non-hydrogen) atoms. The van der Waals surface area contributed by atoms with Crippen LogP contribution in [0.4, 0.5) is 0 Å². The van der Waals surface area contributed by atoms with Crippen LogP contribution in [0.25, 0.3) is 0 Å². The van der Waals surface area contributed by atoms with Gasteiger partial charge in [-0.3, -0.25) is 0 Å². The molecule has 0 saturated carbocycles. The summed E-state index contributed by atoms with van der Waals surface area (Å²) in [6.07, 6.45) is 6.12. The van der Waals surface area contributed by atoms with Gasteiger partial charge in [-0.05, 0) is 36.0 Å². The molecular weight excluding hydrogens is 168 g/mol. The Morgan fingerprint density at radius 3 is 2.14 bits per heavy atom. The lowest BCUT2D eigenvalue weighted by Gasteiger charge is -2.09. The number of benzene rings is 1. The van der Waals surface area contributed by atoms with Crippen molar-refractivity contribution in [1.29, 1.82) is 0 Å². The average Bonchev–Trinajstić information content (AvgIpc) is 2.21. The van der Waals surface area contributed by atoms with E-state index in [9.17, 15) is 0 Å². The van der Waals surface area contributed by atoms with Crippen LogP contribution in [0.3, 0.4) is 0 Å². The minimum atomic E-state index is 1.17. The first-order valence-corrected chi connectivity index (χ1v) is 5.92. The highest BCUT2D eigenvalue weighted by Gasteiger charge is 2.01. The fourth-order valence-electron chi connectivity index (χ4n) is 1.97. The number of hydrogen-bond acceptors (Lipinski definition) is 0. The summed E-state index contributed by atoms with van der Waals surface area (Å²) >= 11 is 0. The predicted molar refractivity (Wildman–Crippen MR) is 63.8 cm³/mol. The van der Waals surface area contributed by atoms with Crippen molar-refractivity contribution in [3.63, 3.8) is 0 Å². The van der Waals surface area contributed by atoms with E-state index in [0.29, 0.717) is 0 Å². The molecule has 1 aromatic rings. The summed E-state index contributed by atoms with van der Waals surface area (Å²) in [4.78, 5) is 0. The zero-order valence-corrected chi connectivity index (χ0v) is 9.77. The summed E-state index contributed by atoms with van der Waals surface area (Å²) in [6.45, 7) is 6.75. The van der Waals surface area contributed by atoms with Gasteiger partial charge in [0, 0.05) is 0 Å². The van der Waals surface area contributed by atoms with Crippen molar-refractivity contribution in [3.05, 3.63) is 34.9 Å². The van der Waals surface area contributed by atoms with Gasteiger partial charge < -0.3 is 0 Å². The Bertz CT molecular complexity index is 273. The second-order valence-corrected chi connectivity index (χ2v) is 3.96. The minimum absolute atomic E-state index is 1.17. The smallest absolute Gasteiger partial charge is 0.0279 e. The molecule has 0 atom stereocenters. The van der Waals surface area contributed by atoms with E-state index in [-0.39, 0.29) is 0 Å². The molecule has 0 N–H and O–H groups in total. The fourth-order valence-corrected chi connectivity index (χ4v) is 1.97. The van der Waals surface area contributed by atoms with Crippen LogP contribution < -0.4 is 0 Å². The first-order chi connectivity index (χ1) is 6.81. The largest absolute Gasteiger partial charge is 0.0651 e. The lowest BCUT2D eigenvalue weighted by Crippen LogP contribution is -1.94. The zero-order chi connectivity index (χ0) is 10.4. The van der Waals surface area contributed by atoms with Crippen molar-refractivity contribution in [2.45, 2.75) is 52.9 Å². The zero-order valence-electron chi connectivity index (χ0n) is 9.77. The average molecular weight is 190 g/mol. The molecule has 0 unspecified atom stereocenters. The van der Waals surface area contributed by atoms with Gasteiger partial charge in [0.1, 0.15) is 0 Å². The van der Waals surface area contributed by atoms with Crippen molar-refractivity contribution < 1.29 is 0 Å². The molecule has 0 aliphatic carbocycles. The van der Waals surface area contributed by atoms with Crippen LogP contribution in [0.15, 0.2) is 18.2 Å². The van der Waals surface area contributed by atoms with E-state index in [1.165, 1.54) is 37.7 Å². The van der Waals surface area contributed by atoms with Crippen LogP contribution in [0.5, 0.6) is 0 Å². The molecule has 78 valence electrons. The Morgan fingerprint density at radius 2 is 1.57 bits per heavy atom. The molecule has 1 aromatic carbocycles. The topological polar surface area (TPSA) is 0 Å². The SMILES string of the molecule is CCCc1ccc(CCC)c(CC)c1. The van der Waals surface area contributed by atoms with E-state index in [2.05, 4.69) is 39.0 Å². The van der Waals surface area contributed by atoms with Gasteiger partial charge in [0.25, 0.3) is 0 Å². The lowest BCUT2D eigenvalue weighted by molar-refractivity contribution is 0.883. The maximum atomic E-state index is 2.40. The van der Waals surface area contributed by atoms with Gasteiger partial charge in [-0.15, -0.1) is 0 Å². The van der Waals surface area contributed by atoms with E-state index in [1.807, 2.05) is 0 Å². The Balaban J connectivity index is 2.87. The van der Waals surface area contributed by atoms with Gasteiger partial charge in [0.2, 0.25) is 0 Å². The molecule has 0 nitrogen and oxygen atoms in total. The lowest BCUT2D eigenvalue weighted by atomic mass is 9.97. The van der Waals surface area contributed by atoms with Gasteiger partial charge in [-0.25, -0.2) is 0 Å². The van der Waals surface area contributed by atoms with Gasteiger partial charge in [0.05, 0.1) is 0 Å². The van der Waals surface area contributed by atoms with Crippen LogP contribution in [-0.2, 0) is 19.3 Å². The molecule has 1 rings (SSSR count). The quantitative estimate of drug-likeness (QED) is 0.654. The van der Waals surface area contributed by atoms with Crippen LogP contribution >= 0.6 is 0 Å². The molecular formula is C14H22. The fraction of sp³-hybridized carbons (Fsp3) is 0.571. The molecule has 0 aromatic heterocycles. The highest BCUT2D eigenvalue weighted by molar-refractivity contribution is 5.32. The first kappa shape index (κ1) is 11.3. The monoisotopic (exact) mass is 190 g/mol. The van der Waals surface area contributed by atoms with E-state index in [0.717, 1.165) is 0 Å². The van der Waals surface area contributed by atoms with Gasteiger partial charge in [-0.1, -0.05) is 51.8 Å². The van der Waals surface area contributed by atoms with Gasteiger partial charge in [-0.2, -0.15) is 0 Å². The molecule has 0 radical (unpaired) electrons. The van der Waals surface area contributed by atoms with Crippen LogP contribution in [0, 0.1) is 0 Å². The highest BCUT2D eigenvalue weighted by Crippen LogP contribution is 2.15. The molecule has 0 aliphatic rings. The highest BCUT2D eigenvalue weighted by atomic mass is 14.1. The molecule has 0 heterocycles. The summed E-state index contributed by atoms with van der Waals surface area (Å²) in [5.74, 6) is 0. The van der Waals surface area contributed by atoms with E-state index >= 15 is 0 Å². The maximum absolute atomic E-state index is 2.40. The van der Waals surface area contributed by atoms with Crippen LogP contribution in [-0.4, -0.2) is 0 Å². The summed E-state index contributed by atoms with van der Waals surface area (Å²) in [7, 11) is 0. The normalized spacial score (nSPS) is 10.5. The molecule has 0 heteroatoms. The van der Waals surface area contributed by atoms with Crippen molar-refractivity contribution in [2.24, 2.45) is 0 Å². The van der Waals surface area contributed by atoms with Crippen molar-refractivity contribution >= 4 is 0 Å². The standard InChI is InChI=1S/C14H22/c1-4-7-12-9-10-14(8-5-2)13(6-3)11-12/h9-11H,4-8H2,1-3H3. The third-order valence-electron chi connectivity index (χ3n) is 2.71. The van der Waals surface area contributed by atoms with Crippen molar-refractivity contribution in [3.8, 4) is 0 Å². The van der Waals surface area contributed by atoms with E-state index < -0.39 is 0 Å². The van der Waals surface area contributed by atoms with Crippen molar-refractivity contribution in [2.75, 3.05) is 0 Å². The number of hydrogen-bond donors (Lipinski definition) is 0. The Labute approximate surface area is 88.4 Å². The second kappa shape index (κ2) is 5.85. The third-order valence-corrected chi connectivity index (χ3v) is 2.71. The van der Waals surface area contributed by atoms with Gasteiger partial charge >= 0.3 is 0 Å². The summed E-state index contributed by atoms with van der Waals surface area (Å²) < 4.78 is 0. The first-order valence-electron chi connectivity index (χ1n) is 5.92. The number of rotatable bonds is 5. The summed E-state index contributed by atoms with van der Waals surface area (Å²) in [5, 5.41) is 0. The Hall–Kier alpha value is -0.780. The van der Waals surface area contributed by atoms with Crippen LogP contribution in [0.2, 0.25) is 0 Å². The molecule has 0 fully saturated rings. The molecule has 0 aliphatic heterocycles. The molecule has 0 bridgehead atoms. The van der Waals surface area contributed by atoms with Gasteiger partial charge in [0.15, 0.2) is 0 Å². The predicted octanol–water partition coefficient (Wildman–Crippen LogP) is 4.15. The Kier molecular flexibility index (Phi) is 4.72.